The van der Waals surface area contributed by atoms with Gasteiger partial charge in [-0.15, -0.1) is 0 Å². The van der Waals surface area contributed by atoms with E-state index in [2.05, 4.69) is 4.98 Å². The van der Waals surface area contributed by atoms with Crippen molar-refractivity contribution in [2.75, 3.05) is 6.54 Å². The third-order valence-electron chi connectivity index (χ3n) is 1.23. The molecule has 0 unspecified atom stereocenters. The van der Waals surface area contributed by atoms with Gasteiger partial charge in [-0.05, 0) is 12.1 Å². The van der Waals surface area contributed by atoms with Crippen molar-refractivity contribution in [1.29, 1.82) is 0 Å². The lowest BCUT2D eigenvalue weighted by molar-refractivity contribution is 0.100. The van der Waals surface area contributed by atoms with E-state index in [0.29, 0.717) is 5.56 Å². The molecule has 1 heterocycles. The molecule has 0 saturated carbocycles. The number of pyridine rings is 1. The highest BCUT2D eigenvalue weighted by Crippen LogP contribution is 1.98. The molecular formula is C7H7FN2O. The van der Waals surface area contributed by atoms with E-state index >= 15 is 0 Å². The summed E-state index contributed by atoms with van der Waals surface area (Å²) < 4.78 is 12.2. The summed E-state index contributed by atoms with van der Waals surface area (Å²) in [6, 6.07) is 2.49. The molecule has 0 fully saturated rings. The summed E-state index contributed by atoms with van der Waals surface area (Å²) in [7, 11) is 0. The number of halogens is 1. The number of hydrogen-bond donors (Lipinski definition) is 1. The monoisotopic (exact) mass is 154 g/mol. The molecule has 4 heteroatoms. The number of hydrogen-bond acceptors (Lipinski definition) is 3. The van der Waals surface area contributed by atoms with Gasteiger partial charge in [0.25, 0.3) is 0 Å². The quantitative estimate of drug-likeness (QED) is 0.494. The number of nitrogens with zero attached hydrogens (tertiary/aromatic N) is 1. The van der Waals surface area contributed by atoms with Crippen LogP contribution in [0, 0.1) is 5.95 Å². The summed E-state index contributed by atoms with van der Waals surface area (Å²) in [6.45, 7) is -0.0761. The lowest BCUT2D eigenvalue weighted by atomic mass is 10.2. The molecule has 0 aliphatic carbocycles. The van der Waals surface area contributed by atoms with Crippen molar-refractivity contribution >= 4 is 5.78 Å². The molecule has 1 rings (SSSR count). The lowest BCUT2D eigenvalue weighted by Crippen LogP contribution is -2.13. The number of carbonyl (C=O) groups is 1. The summed E-state index contributed by atoms with van der Waals surface area (Å²) >= 11 is 0. The Morgan fingerprint density at radius 3 is 2.82 bits per heavy atom. The van der Waals surface area contributed by atoms with Gasteiger partial charge in [-0.3, -0.25) is 4.79 Å². The van der Waals surface area contributed by atoms with Crippen LogP contribution in [0.3, 0.4) is 0 Å². The predicted molar refractivity (Wildman–Crippen MR) is 37.6 cm³/mol. The Balaban J connectivity index is 2.90. The molecule has 0 aliphatic rings. The van der Waals surface area contributed by atoms with Crippen molar-refractivity contribution < 1.29 is 9.18 Å². The highest BCUT2D eigenvalue weighted by Gasteiger charge is 2.02. The van der Waals surface area contributed by atoms with Gasteiger partial charge in [0, 0.05) is 11.8 Å². The second-order valence-electron chi connectivity index (χ2n) is 2.00. The zero-order valence-corrected chi connectivity index (χ0v) is 5.75. The Kier molecular flexibility index (Phi) is 2.28. The summed E-state index contributed by atoms with van der Waals surface area (Å²) in [4.78, 5) is 14.1. The van der Waals surface area contributed by atoms with Crippen LogP contribution in [0.1, 0.15) is 10.4 Å². The molecule has 58 valence electrons. The molecule has 0 saturated heterocycles. The van der Waals surface area contributed by atoms with Gasteiger partial charge in [-0.2, -0.15) is 4.39 Å². The highest BCUT2D eigenvalue weighted by molar-refractivity contribution is 5.97. The first-order chi connectivity index (χ1) is 5.24. The average molecular weight is 154 g/mol. The first-order valence-electron chi connectivity index (χ1n) is 3.09. The fourth-order valence-corrected chi connectivity index (χ4v) is 0.659. The third-order valence-corrected chi connectivity index (χ3v) is 1.23. The van der Waals surface area contributed by atoms with Crippen molar-refractivity contribution in [1.82, 2.24) is 4.98 Å². The molecule has 0 aliphatic heterocycles. The first-order valence-corrected chi connectivity index (χ1v) is 3.09. The molecule has 0 spiro atoms. The van der Waals surface area contributed by atoms with E-state index in [4.69, 9.17) is 5.73 Å². The van der Waals surface area contributed by atoms with Gasteiger partial charge in [-0.1, -0.05) is 0 Å². The predicted octanol–water partition coefficient (Wildman–Crippen LogP) is 0.362. The Bertz CT molecular complexity index is 258. The molecule has 0 aromatic carbocycles. The number of Topliss-reactive ketones (excluding diaryl/α,β-unsaturated/α-hetero) is 1. The van der Waals surface area contributed by atoms with E-state index in [1.807, 2.05) is 0 Å². The van der Waals surface area contributed by atoms with Gasteiger partial charge in [0.1, 0.15) is 0 Å². The van der Waals surface area contributed by atoms with E-state index in [1.54, 1.807) is 0 Å². The Morgan fingerprint density at radius 1 is 1.64 bits per heavy atom. The Labute approximate surface area is 63.0 Å². The summed E-state index contributed by atoms with van der Waals surface area (Å²) in [5.74, 6) is -0.837. The van der Waals surface area contributed by atoms with E-state index < -0.39 is 5.95 Å². The van der Waals surface area contributed by atoms with Crippen LogP contribution in [0.15, 0.2) is 18.3 Å². The molecule has 1 aromatic heterocycles. The zero-order valence-electron chi connectivity index (χ0n) is 5.75. The second kappa shape index (κ2) is 3.21. The van der Waals surface area contributed by atoms with Crippen LogP contribution >= 0.6 is 0 Å². The fraction of sp³-hybridized carbons (Fsp3) is 0.143. The number of nitrogens with two attached hydrogens (primary N) is 1. The molecule has 2 N–H and O–H groups in total. The number of carbonyl (C=O) groups excluding carboxylic acids is 1. The second-order valence-corrected chi connectivity index (χ2v) is 2.00. The van der Waals surface area contributed by atoms with Crippen LogP contribution in [0.2, 0.25) is 0 Å². The lowest BCUT2D eigenvalue weighted by Gasteiger charge is -1.94. The van der Waals surface area contributed by atoms with Crippen LogP contribution < -0.4 is 5.73 Å². The van der Waals surface area contributed by atoms with E-state index in [9.17, 15) is 9.18 Å². The standard InChI is InChI=1S/C7H7FN2O/c8-7-2-1-5(4-10-7)6(11)3-9/h1-2,4H,3,9H2. The van der Waals surface area contributed by atoms with Crippen LogP contribution in [0.5, 0.6) is 0 Å². The number of ketones is 1. The molecule has 0 atom stereocenters. The Morgan fingerprint density at radius 2 is 2.36 bits per heavy atom. The van der Waals surface area contributed by atoms with E-state index in [1.165, 1.54) is 12.3 Å². The van der Waals surface area contributed by atoms with E-state index in [0.717, 1.165) is 6.07 Å². The topological polar surface area (TPSA) is 56.0 Å². The average Bonchev–Trinajstić information content (AvgIpc) is 2.05. The van der Waals surface area contributed by atoms with E-state index in [-0.39, 0.29) is 12.3 Å². The summed E-state index contributed by atoms with van der Waals surface area (Å²) in [6.07, 6.45) is 1.17. The maximum atomic E-state index is 12.2. The third kappa shape index (κ3) is 1.81. The van der Waals surface area contributed by atoms with Gasteiger partial charge >= 0.3 is 0 Å². The van der Waals surface area contributed by atoms with Gasteiger partial charge in [-0.25, -0.2) is 4.98 Å². The van der Waals surface area contributed by atoms with Crippen molar-refractivity contribution in [2.24, 2.45) is 5.73 Å². The van der Waals surface area contributed by atoms with Crippen LogP contribution in [0.4, 0.5) is 4.39 Å². The van der Waals surface area contributed by atoms with Crippen LogP contribution in [-0.4, -0.2) is 17.3 Å². The van der Waals surface area contributed by atoms with Crippen LogP contribution in [0.25, 0.3) is 0 Å². The SMILES string of the molecule is NCC(=O)c1ccc(F)nc1. The molecule has 0 bridgehead atoms. The first kappa shape index (κ1) is 7.81. The normalized spacial score (nSPS) is 9.64. The Hall–Kier alpha value is -1.29. The van der Waals surface area contributed by atoms with Gasteiger partial charge in [0.15, 0.2) is 5.78 Å². The molecule has 11 heavy (non-hydrogen) atoms. The van der Waals surface area contributed by atoms with Crippen molar-refractivity contribution in [3.8, 4) is 0 Å². The zero-order chi connectivity index (χ0) is 8.27. The maximum absolute atomic E-state index is 12.2. The fourth-order valence-electron chi connectivity index (χ4n) is 0.659. The molecule has 0 amide bonds. The van der Waals surface area contributed by atoms with Gasteiger partial charge < -0.3 is 5.73 Å². The van der Waals surface area contributed by atoms with Crippen LogP contribution in [-0.2, 0) is 0 Å². The molecular weight excluding hydrogens is 147 g/mol. The largest absolute Gasteiger partial charge is 0.324 e. The minimum atomic E-state index is -0.599. The summed E-state index contributed by atoms with van der Waals surface area (Å²) in [5.41, 5.74) is 5.41. The molecule has 3 nitrogen and oxygen atoms in total. The maximum Gasteiger partial charge on any atom is 0.212 e. The number of rotatable bonds is 2. The van der Waals surface area contributed by atoms with Gasteiger partial charge in [0.05, 0.1) is 6.54 Å². The minimum Gasteiger partial charge on any atom is -0.324 e. The van der Waals surface area contributed by atoms with Gasteiger partial charge in [0.2, 0.25) is 5.95 Å². The molecule has 0 radical (unpaired) electrons. The minimum absolute atomic E-state index is 0.0761. The smallest absolute Gasteiger partial charge is 0.212 e. The van der Waals surface area contributed by atoms with Crippen molar-refractivity contribution in [3.63, 3.8) is 0 Å². The summed E-state index contributed by atoms with van der Waals surface area (Å²) in [5, 5.41) is 0. The van der Waals surface area contributed by atoms with Crippen molar-refractivity contribution in [2.45, 2.75) is 0 Å². The molecule has 1 aromatic rings. The number of aromatic nitrogens is 1. The highest BCUT2D eigenvalue weighted by atomic mass is 19.1. The van der Waals surface area contributed by atoms with Crippen molar-refractivity contribution in [3.05, 3.63) is 29.8 Å².